The first kappa shape index (κ1) is 15.0. The van der Waals surface area contributed by atoms with E-state index in [1.807, 2.05) is 0 Å². The Morgan fingerprint density at radius 3 is 2.13 bits per heavy atom. The van der Waals surface area contributed by atoms with Gasteiger partial charge in [-0.05, 0) is 13.3 Å². The van der Waals surface area contributed by atoms with Gasteiger partial charge in [0.1, 0.15) is 0 Å². The summed E-state index contributed by atoms with van der Waals surface area (Å²) in [5.74, 6) is -0.428. The van der Waals surface area contributed by atoms with Crippen LogP contribution in [0.4, 0.5) is 0 Å². The summed E-state index contributed by atoms with van der Waals surface area (Å²) in [4.78, 5) is 0. The zero-order valence-electron chi connectivity index (χ0n) is 9.29. The molecule has 0 rings (SSSR count). The molecule has 6 heteroatoms. The highest BCUT2D eigenvalue weighted by atomic mass is 32.2. The quantitative estimate of drug-likeness (QED) is 0.554. The zero-order valence-corrected chi connectivity index (χ0v) is 10.1. The van der Waals surface area contributed by atoms with E-state index in [4.69, 9.17) is 9.29 Å². The second-order valence-corrected chi connectivity index (χ2v) is 4.80. The molecule has 1 unspecified atom stereocenters. The van der Waals surface area contributed by atoms with Crippen molar-refractivity contribution >= 4 is 11.1 Å². The number of rotatable bonds is 7. The van der Waals surface area contributed by atoms with E-state index in [9.17, 15) is 14.4 Å². The van der Waals surface area contributed by atoms with Gasteiger partial charge in [0.05, 0.1) is 24.9 Å². The van der Waals surface area contributed by atoms with Gasteiger partial charge >= 0.3 is 0 Å². The van der Waals surface area contributed by atoms with Crippen molar-refractivity contribution in [3.05, 3.63) is 0 Å². The maximum absolute atomic E-state index is 10.6. The first-order chi connectivity index (χ1) is 6.84. The molecule has 0 fully saturated rings. The third-order valence-electron chi connectivity index (χ3n) is 2.20. The van der Waals surface area contributed by atoms with E-state index in [1.165, 1.54) is 6.26 Å². The third-order valence-corrected chi connectivity index (χ3v) is 2.67. The molecule has 0 spiro atoms. The molecule has 0 aliphatic carbocycles. The van der Waals surface area contributed by atoms with Gasteiger partial charge < -0.3 is 15.3 Å². The minimum absolute atomic E-state index is 0.0822. The van der Waals surface area contributed by atoms with Crippen molar-refractivity contribution in [3.63, 3.8) is 0 Å². The molecule has 0 aliphatic heterocycles. The molecule has 0 saturated carbocycles. The molecule has 15 heavy (non-hydrogen) atoms. The van der Waals surface area contributed by atoms with Crippen molar-refractivity contribution in [3.8, 4) is 0 Å². The fourth-order valence-corrected chi connectivity index (χ4v) is 1.47. The van der Waals surface area contributed by atoms with Gasteiger partial charge in [-0.1, -0.05) is 6.92 Å². The van der Waals surface area contributed by atoms with E-state index < -0.39 is 35.3 Å². The minimum Gasteiger partial charge on any atom is -0.393 e. The second-order valence-electron chi connectivity index (χ2n) is 3.76. The van der Waals surface area contributed by atoms with Crippen LogP contribution in [0.15, 0.2) is 0 Å². The van der Waals surface area contributed by atoms with E-state index in [2.05, 4.69) is 0 Å². The van der Waals surface area contributed by atoms with Crippen LogP contribution in [0, 0.1) is 5.92 Å². The van der Waals surface area contributed by atoms with Gasteiger partial charge in [0.2, 0.25) is 0 Å². The minimum atomic E-state index is -1.42. The Bertz CT molecular complexity index is 197. The number of hydrogen-bond donors (Lipinski definition) is 3. The largest absolute Gasteiger partial charge is 0.393 e. The van der Waals surface area contributed by atoms with Crippen molar-refractivity contribution in [2.45, 2.75) is 38.6 Å². The summed E-state index contributed by atoms with van der Waals surface area (Å²) in [6.07, 6.45) is -0.732. The summed E-state index contributed by atoms with van der Waals surface area (Å²) in [7, 11) is 0. The molecule has 0 aromatic rings. The Balaban J connectivity index is 3.95. The maximum Gasteiger partial charge on any atom is 0.152 e. The molecule has 5 atom stereocenters. The first-order valence-electron chi connectivity index (χ1n) is 4.85. The van der Waals surface area contributed by atoms with E-state index in [0.717, 1.165) is 0 Å². The van der Waals surface area contributed by atoms with Crippen LogP contribution in [0.1, 0.15) is 20.3 Å². The molecule has 0 aromatic carbocycles. The van der Waals surface area contributed by atoms with Crippen LogP contribution in [0.3, 0.4) is 0 Å². The summed E-state index contributed by atoms with van der Waals surface area (Å²) < 4.78 is 15.3. The van der Waals surface area contributed by atoms with Gasteiger partial charge in [0, 0.05) is 12.2 Å². The van der Waals surface area contributed by atoms with Crippen LogP contribution < -0.4 is 0 Å². The van der Waals surface area contributed by atoms with Gasteiger partial charge in [0.15, 0.2) is 11.1 Å². The molecular formula is C9H20O5S. The summed E-state index contributed by atoms with van der Waals surface area (Å²) in [5, 5.41) is 28.2. The molecular weight excluding hydrogens is 220 g/mol. The van der Waals surface area contributed by atoms with Gasteiger partial charge in [-0.2, -0.15) is 0 Å². The Labute approximate surface area is 92.7 Å². The summed E-state index contributed by atoms with van der Waals surface area (Å²) in [5.41, 5.74) is 0. The molecule has 0 radical (unpaired) electrons. The fraction of sp³-hybridized carbons (Fsp3) is 1.00. The monoisotopic (exact) mass is 240 g/mol. The lowest BCUT2D eigenvalue weighted by atomic mass is 9.95. The van der Waals surface area contributed by atoms with Crippen molar-refractivity contribution < 1.29 is 23.7 Å². The predicted octanol–water partition coefficient (Wildman–Crippen LogP) is -0.575. The Morgan fingerprint density at radius 2 is 1.73 bits per heavy atom. The highest BCUT2D eigenvalue weighted by Crippen LogP contribution is 2.14. The van der Waals surface area contributed by atoms with E-state index in [-0.39, 0.29) is 13.0 Å². The molecule has 0 heterocycles. The summed E-state index contributed by atoms with van der Waals surface area (Å²) in [6.45, 7) is 3.14. The average Bonchev–Trinajstić information content (AvgIpc) is 2.11. The Morgan fingerprint density at radius 1 is 1.20 bits per heavy atom. The third kappa shape index (κ3) is 6.97. The molecule has 0 aromatic heterocycles. The fourth-order valence-electron chi connectivity index (χ4n) is 1.14. The second kappa shape index (κ2) is 7.29. The lowest BCUT2D eigenvalue weighted by Crippen LogP contribution is -2.34. The normalized spacial score (nSPS) is 21.7. The summed E-state index contributed by atoms with van der Waals surface area (Å²) >= 11 is -1.42. The highest BCUT2D eigenvalue weighted by molar-refractivity contribution is 7.79. The van der Waals surface area contributed by atoms with Crippen molar-refractivity contribution in [1.29, 1.82) is 0 Å². The van der Waals surface area contributed by atoms with Gasteiger partial charge in [-0.3, -0.25) is 4.18 Å². The van der Waals surface area contributed by atoms with Crippen LogP contribution in [0.2, 0.25) is 0 Å². The smallest absolute Gasteiger partial charge is 0.152 e. The zero-order chi connectivity index (χ0) is 12.0. The van der Waals surface area contributed by atoms with Gasteiger partial charge in [0.25, 0.3) is 0 Å². The van der Waals surface area contributed by atoms with Crippen molar-refractivity contribution in [2.75, 3.05) is 12.9 Å². The highest BCUT2D eigenvalue weighted by Gasteiger charge is 2.24. The van der Waals surface area contributed by atoms with Crippen molar-refractivity contribution in [1.82, 2.24) is 0 Å². The van der Waals surface area contributed by atoms with Crippen LogP contribution in [-0.2, 0) is 15.3 Å². The topological polar surface area (TPSA) is 87.0 Å². The van der Waals surface area contributed by atoms with E-state index >= 15 is 0 Å². The molecule has 5 nitrogen and oxygen atoms in total. The Hall–Kier alpha value is -0.0100. The van der Waals surface area contributed by atoms with Gasteiger partial charge in [-0.15, -0.1) is 0 Å². The number of aliphatic hydroxyl groups is 3. The van der Waals surface area contributed by atoms with E-state index in [0.29, 0.717) is 0 Å². The van der Waals surface area contributed by atoms with Crippen LogP contribution in [-0.4, -0.2) is 50.7 Å². The lowest BCUT2D eigenvalue weighted by molar-refractivity contribution is -0.0180. The molecule has 3 N–H and O–H groups in total. The first-order valence-corrected chi connectivity index (χ1v) is 6.33. The van der Waals surface area contributed by atoms with E-state index in [1.54, 1.807) is 13.8 Å². The number of aliphatic hydroxyl groups excluding tert-OH is 3. The molecule has 0 bridgehead atoms. The lowest BCUT2D eigenvalue weighted by Gasteiger charge is -2.24. The molecule has 0 saturated heterocycles. The molecule has 0 amide bonds. The summed E-state index contributed by atoms with van der Waals surface area (Å²) in [6, 6.07) is 0. The maximum atomic E-state index is 10.6. The standard InChI is InChI=1S/C9H20O5S/c1-6(10)4-8(11)7(2)9(12)5-14-15(3)13/h6-12H,4-5H2,1-3H3/t6-,7-,8-,9-,15?/m0/s1. The predicted molar refractivity (Wildman–Crippen MR) is 57.5 cm³/mol. The van der Waals surface area contributed by atoms with Crippen LogP contribution in [0.25, 0.3) is 0 Å². The average molecular weight is 240 g/mol. The van der Waals surface area contributed by atoms with Crippen molar-refractivity contribution in [2.24, 2.45) is 5.92 Å². The molecule has 0 aliphatic rings. The SMILES string of the molecule is C[C@H]([C@@H](O)COS(C)=O)[C@@H](O)C[C@H](C)O. The van der Waals surface area contributed by atoms with Crippen LogP contribution in [0.5, 0.6) is 0 Å². The molecule has 92 valence electrons. The van der Waals surface area contributed by atoms with Crippen LogP contribution >= 0.6 is 0 Å². The Kier molecular flexibility index (Phi) is 7.29. The number of hydrogen-bond acceptors (Lipinski definition) is 5. The van der Waals surface area contributed by atoms with Gasteiger partial charge in [-0.25, -0.2) is 4.21 Å².